The van der Waals surface area contributed by atoms with Crippen LogP contribution in [0.25, 0.3) is 0 Å². The molecule has 2 amide bonds. The summed E-state index contributed by atoms with van der Waals surface area (Å²) in [6.45, 7) is 3.89. The van der Waals surface area contributed by atoms with Gasteiger partial charge < -0.3 is 25.8 Å². The Morgan fingerprint density at radius 1 is 1.23 bits per heavy atom. The predicted molar refractivity (Wildman–Crippen MR) is 148 cm³/mol. The van der Waals surface area contributed by atoms with Crippen molar-refractivity contribution in [3.63, 3.8) is 0 Å². The number of aromatic nitrogens is 3. The Balaban J connectivity index is 1.58. The first-order valence-corrected chi connectivity index (χ1v) is 13.6. The number of nitrogens with two attached hydrogens (primary N) is 1. The largest absolute Gasteiger partial charge is 0.481 e. The highest BCUT2D eigenvalue weighted by Crippen LogP contribution is 2.50. The molecule has 0 bridgehead atoms. The second kappa shape index (κ2) is 13.0. The molecule has 12 heteroatoms. The third-order valence-corrected chi connectivity index (χ3v) is 7.08. The lowest BCUT2D eigenvalue weighted by molar-refractivity contribution is -0.124. The van der Waals surface area contributed by atoms with Crippen LogP contribution in [0.4, 0.5) is 10.1 Å². The lowest BCUT2D eigenvalue weighted by atomic mass is 9.88. The highest BCUT2D eigenvalue weighted by atomic mass is 19.1. The van der Waals surface area contributed by atoms with Crippen molar-refractivity contribution in [2.75, 3.05) is 26.1 Å². The highest BCUT2D eigenvalue weighted by molar-refractivity contribution is 6.43. The van der Waals surface area contributed by atoms with Gasteiger partial charge in [-0.25, -0.2) is 9.37 Å². The van der Waals surface area contributed by atoms with Crippen LogP contribution >= 0.6 is 0 Å². The number of carbonyl (C=O) groups excluding carboxylic acids is 2. The van der Waals surface area contributed by atoms with E-state index in [0.717, 1.165) is 31.9 Å². The Morgan fingerprint density at radius 3 is 2.50 bits per heavy atom. The first-order valence-electron chi connectivity index (χ1n) is 13.6. The van der Waals surface area contributed by atoms with Crippen molar-refractivity contribution in [2.24, 2.45) is 28.5 Å². The number of aliphatic imine (C=N–C) groups is 1. The lowest BCUT2D eigenvalue weighted by Crippen LogP contribution is -2.51. The Hall–Kier alpha value is -3.80. The van der Waals surface area contributed by atoms with E-state index in [9.17, 15) is 14.0 Å². The SMILES string of the molecule is COCC(c1cc(F)cnc1OC)n1cc(NC(=O)C(NC(=O)C(C=CN)=NC(C)C)C(C2CC2)C2CC2)cn1. The predicted octanol–water partition coefficient (Wildman–Crippen LogP) is 2.84. The van der Waals surface area contributed by atoms with Crippen molar-refractivity contribution in [1.29, 1.82) is 0 Å². The normalized spacial score (nSPS) is 17.3. The van der Waals surface area contributed by atoms with Crippen LogP contribution in [0, 0.1) is 23.6 Å². The summed E-state index contributed by atoms with van der Waals surface area (Å²) in [5.41, 5.74) is 6.61. The van der Waals surface area contributed by atoms with Gasteiger partial charge in [-0.15, -0.1) is 0 Å². The maximum absolute atomic E-state index is 14.1. The standard InChI is InChI=1S/C28H38FN7O4/c1-16(2)33-22(9-10-30)26(37)35-25(24(17-5-6-17)18-7-8-18)27(38)34-20-13-32-36(14-20)23(15-39-3)21-11-19(29)12-31-28(21)40-4/h9-14,16-18,23-25H,5-8,15,30H2,1-4H3,(H,34,38)(H,35,37). The first kappa shape index (κ1) is 29.2. The van der Waals surface area contributed by atoms with Crippen LogP contribution in [-0.4, -0.2) is 65.2 Å². The van der Waals surface area contributed by atoms with Gasteiger partial charge in [-0.3, -0.25) is 19.3 Å². The van der Waals surface area contributed by atoms with E-state index in [1.807, 2.05) is 13.8 Å². The minimum absolute atomic E-state index is 0.0324. The van der Waals surface area contributed by atoms with Crippen molar-refractivity contribution in [1.82, 2.24) is 20.1 Å². The van der Waals surface area contributed by atoms with Crippen LogP contribution in [0.1, 0.15) is 51.1 Å². The number of amides is 2. The molecule has 2 atom stereocenters. The number of halogens is 1. The van der Waals surface area contributed by atoms with Crippen molar-refractivity contribution < 1.29 is 23.5 Å². The van der Waals surface area contributed by atoms with Crippen LogP contribution in [0.5, 0.6) is 5.88 Å². The monoisotopic (exact) mass is 555 g/mol. The Kier molecular flexibility index (Phi) is 9.51. The molecular formula is C28H38FN7O4. The molecule has 2 heterocycles. The van der Waals surface area contributed by atoms with Crippen LogP contribution in [0.15, 0.2) is 41.9 Å². The van der Waals surface area contributed by atoms with E-state index in [1.165, 1.54) is 38.8 Å². The highest BCUT2D eigenvalue weighted by Gasteiger charge is 2.48. The molecule has 0 aliphatic heterocycles. The van der Waals surface area contributed by atoms with Gasteiger partial charge in [0.25, 0.3) is 5.91 Å². The average molecular weight is 556 g/mol. The van der Waals surface area contributed by atoms with E-state index >= 15 is 0 Å². The zero-order valence-corrected chi connectivity index (χ0v) is 23.3. The number of anilines is 1. The molecule has 2 aliphatic carbocycles. The fourth-order valence-electron chi connectivity index (χ4n) is 5.10. The third-order valence-electron chi connectivity index (χ3n) is 7.08. The molecule has 4 N–H and O–H groups in total. The van der Waals surface area contributed by atoms with Gasteiger partial charge in [-0.05, 0) is 75.6 Å². The number of nitrogens with one attached hydrogen (secondary N) is 2. The molecule has 2 aromatic rings. The fraction of sp³-hybridized carbons (Fsp3) is 0.536. The van der Waals surface area contributed by atoms with Gasteiger partial charge in [0.15, 0.2) is 0 Å². The van der Waals surface area contributed by atoms with Gasteiger partial charge in [0, 0.05) is 24.9 Å². The summed E-state index contributed by atoms with van der Waals surface area (Å²) in [7, 11) is 2.98. The molecule has 0 aromatic carbocycles. The summed E-state index contributed by atoms with van der Waals surface area (Å²) in [5, 5.41) is 10.3. The van der Waals surface area contributed by atoms with Crippen molar-refractivity contribution in [3.05, 3.63) is 48.3 Å². The zero-order valence-electron chi connectivity index (χ0n) is 23.3. The van der Waals surface area contributed by atoms with E-state index in [4.69, 9.17) is 15.2 Å². The molecule has 4 rings (SSSR count). The fourth-order valence-corrected chi connectivity index (χ4v) is 5.10. The molecule has 40 heavy (non-hydrogen) atoms. The van der Waals surface area contributed by atoms with Gasteiger partial charge in [0.1, 0.15) is 23.6 Å². The van der Waals surface area contributed by atoms with Crippen molar-refractivity contribution in [3.8, 4) is 5.88 Å². The topological polar surface area (TPSA) is 146 Å². The smallest absolute Gasteiger partial charge is 0.270 e. The van der Waals surface area contributed by atoms with E-state index in [2.05, 4.69) is 25.7 Å². The molecule has 2 aliphatic rings. The van der Waals surface area contributed by atoms with E-state index < -0.39 is 23.8 Å². The third kappa shape index (κ3) is 7.23. The molecule has 2 fully saturated rings. The number of hydrogen-bond donors (Lipinski definition) is 3. The average Bonchev–Trinajstić information content (AvgIpc) is 3.86. The number of methoxy groups -OCH3 is 2. The maximum atomic E-state index is 14.1. The minimum Gasteiger partial charge on any atom is -0.481 e. The van der Waals surface area contributed by atoms with Gasteiger partial charge >= 0.3 is 0 Å². The second-order valence-corrected chi connectivity index (χ2v) is 10.6. The van der Waals surface area contributed by atoms with Crippen molar-refractivity contribution in [2.45, 2.75) is 57.7 Å². The summed E-state index contributed by atoms with van der Waals surface area (Å²) in [6.07, 6.45) is 11.1. The number of pyridine rings is 1. The molecule has 2 saturated carbocycles. The number of carbonyl (C=O) groups is 2. The molecule has 0 radical (unpaired) electrons. The summed E-state index contributed by atoms with van der Waals surface area (Å²) in [4.78, 5) is 35.3. The summed E-state index contributed by atoms with van der Waals surface area (Å²) in [5.74, 6) is -0.234. The molecule has 0 spiro atoms. The van der Waals surface area contributed by atoms with Gasteiger partial charge in [0.2, 0.25) is 11.8 Å². The summed E-state index contributed by atoms with van der Waals surface area (Å²) in [6, 6.07) is -0.109. The number of ether oxygens (including phenoxy) is 2. The lowest BCUT2D eigenvalue weighted by Gasteiger charge is -2.27. The Morgan fingerprint density at radius 2 is 1.93 bits per heavy atom. The molecule has 2 aromatic heterocycles. The molecular weight excluding hydrogens is 517 g/mol. The van der Waals surface area contributed by atoms with Crippen LogP contribution in [-0.2, 0) is 14.3 Å². The summed E-state index contributed by atoms with van der Waals surface area (Å²) < 4.78 is 26.3. The molecule has 0 saturated heterocycles. The molecule has 2 unspecified atom stereocenters. The number of nitrogens with zero attached hydrogens (tertiary/aromatic N) is 4. The Labute approximate surface area is 233 Å². The number of rotatable bonds is 14. The van der Waals surface area contributed by atoms with Gasteiger partial charge in [-0.1, -0.05) is 0 Å². The van der Waals surface area contributed by atoms with Crippen molar-refractivity contribution >= 4 is 23.2 Å². The van der Waals surface area contributed by atoms with Crippen LogP contribution < -0.4 is 21.1 Å². The van der Waals surface area contributed by atoms with Gasteiger partial charge in [-0.2, -0.15) is 5.10 Å². The van der Waals surface area contributed by atoms with E-state index in [0.29, 0.717) is 23.1 Å². The molecule has 11 nitrogen and oxygen atoms in total. The van der Waals surface area contributed by atoms with E-state index in [-0.39, 0.29) is 36.1 Å². The van der Waals surface area contributed by atoms with E-state index in [1.54, 1.807) is 10.9 Å². The molecule has 216 valence electrons. The second-order valence-electron chi connectivity index (χ2n) is 10.6. The summed E-state index contributed by atoms with van der Waals surface area (Å²) >= 11 is 0. The first-order chi connectivity index (χ1) is 19.2. The quantitative estimate of drug-likeness (QED) is 0.304. The van der Waals surface area contributed by atoms with Crippen LogP contribution in [0.2, 0.25) is 0 Å². The maximum Gasteiger partial charge on any atom is 0.270 e. The van der Waals surface area contributed by atoms with Crippen LogP contribution in [0.3, 0.4) is 0 Å². The number of hydrogen-bond acceptors (Lipinski definition) is 8. The zero-order chi connectivity index (χ0) is 28.8. The van der Waals surface area contributed by atoms with Gasteiger partial charge in [0.05, 0.1) is 31.8 Å². The minimum atomic E-state index is -0.748. The Bertz CT molecular complexity index is 1240.